The van der Waals surface area contributed by atoms with E-state index in [9.17, 15) is 24.9 Å². The third-order valence-corrected chi connectivity index (χ3v) is 9.51. The van der Waals surface area contributed by atoms with E-state index < -0.39 is 16.5 Å². The van der Waals surface area contributed by atoms with E-state index in [1.165, 1.54) is 11.6 Å². The monoisotopic (exact) mass is 697 g/mol. The minimum Gasteiger partial charge on any atom is -0.571 e. The highest BCUT2D eigenvalue weighted by Gasteiger charge is 2.41. The van der Waals surface area contributed by atoms with Crippen molar-refractivity contribution in [2.45, 2.75) is 45.1 Å². The van der Waals surface area contributed by atoms with Gasteiger partial charge in [-0.05, 0) is 74.0 Å². The van der Waals surface area contributed by atoms with Gasteiger partial charge in [0.1, 0.15) is 11.4 Å². The van der Waals surface area contributed by atoms with Crippen molar-refractivity contribution in [3.63, 3.8) is 0 Å². The Morgan fingerprint density at radius 2 is 1.67 bits per heavy atom. The number of morpholine rings is 1. The molecule has 3 aromatic carbocycles. The molecule has 0 spiro atoms. The zero-order chi connectivity index (χ0) is 35.9. The molecule has 0 radical (unpaired) electrons. The van der Waals surface area contributed by atoms with E-state index in [2.05, 4.69) is 33.5 Å². The highest BCUT2D eigenvalue weighted by molar-refractivity contribution is 6.27. The fraction of sp³-hybridized carbons (Fsp3) is 0.405. The van der Waals surface area contributed by atoms with E-state index in [1.54, 1.807) is 7.11 Å². The SMILES string of the molecule is COc1cc(CCCN2CCOCC2)ccc1-c1ccc(CCn2c3c(n[n+]2[O-])C(=O)c2cc(NCCCCCN)c([N+](=O)[O-])cc2C3=O)cc1. The molecule has 268 valence electrons. The van der Waals surface area contributed by atoms with Crippen molar-refractivity contribution in [1.82, 2.24) is 14.7 Å². The number of hydrogen-bond donors (Lipinski definition) is 2. The van der Waals surface area contributed by atoms with Crippen LogP contribution in [0.4, 0.5) is 11.4 Å². The first-order valence-corrected chi connectivity index (χ1v) is 17.4. The summed E-state index contributed by atoms with van der Waals surface area (Å²) in [4.78, 5) is 41.2. The molecule has 0 amide bonds. The molecule has 1 aromatic heterocycles. The van der Waals surface area contributed by atoms with Gasteiger partial charge in [0.15, 0.2) is 5.69 Å². The number of nitro groups is 1. The van der Waals surface area contributed by atoms with Crippen molar-refractivity contribution in [3.05, 3.63) is 104 Å². The molecule has 0 saturated carbocycles. The highest BCUT2D eigenvalue weighted by Crippen LogP contribution is 2.35. The van der Waals surface area contributed by atoms with Crippen LogP contribution in [0.5, 0.6) is 5.75 Å². The van der Waals surface area contributed by atoms with E-state index in [0.29, 0.717) is 19.5 Å². The summed E-state index contributed by atoms with van der Waals surface area (Å²) in [6.45, 7) is 5.64. The molecule has 2 heterocycles. The molecular formula is C37H43N7O7. The maximum Gasteiger partial charge on any atom is 0.293 e. The molecule has 1 saturated heterocycles. The van der Waals surface area contributed by atoms with Crippen LogP contribution in [0.15, 0.2) is 54.6 Å². The summed E-state index contributed by atoms with van der Waals surface area (Å²) in [5.41, 5.74) is 8.78. The summed E-state index contributed by atoms with van der Waals surface area (Å²) in [5.74, 6) is -0.505. The molecule has 14 nitrogen and oxygen atoms in total. The number of rotatable bonds is 16. The summed E-state index contributed by atoms with van der Waals surface area (Å²) >= 11 is 0. The first-order valence-electron chi connectivity index (χ1n) is 17.4. The van der Waals surface area contributed by atoms with Gasteiger partial charge in [-0.15, -0.1) is 4.68 Å². The van der Waals surface area contributed by atoms with Gasteiger partial charge in [0.2, 0.25) is 17.3 Å². The van der Waals surface area contributed by atoms with Gasteiger partial charge in [-0.25, -0.2) is 0 Å². The summed E-state index contributed by atoms with van der Waals surface area (Å²) < 4.78 is 12.3. The number of nitrogens with one attached hydrogen (secondary N) is 1. The minimum absolute atomic E-state index is 0.0279. The zero-order valence-electron chi connectivity index (χ0n) is 28.8. The van der Waals surface area contributed by atoms with Crippen LogP contribution in [0.1, 0.15) is 68.9 Å². The lowest BCUT2D eigenvalue weighted by atomic mass is 9.89. The van der Waals surface area contributed by atoms with E-state index in [0.717, 1.165) is 98.1 Å². The Morgan fingerprint density at radius 3 is 2.39 bits per heavy atom. The topological polar surface area (TPSA) is 182 Å². The van der Waals surface area contributed by atoms with Crippen molar-refractivity contribution in [2.24, 2.45) is 5.73 Å². The zero-order valence-corrected chi connectivity index (χ0v) is 28.8. The number of benzene rings is 3. The number of nitrogens with two attached hydrogens (primary N) is 1. The Morgan fingerprint density at radius 1 is 0.922 bits per heavy atom. The third kappa shape index (κ3) is 7.93. The van der Waals surface area contributed by atoms with Crippen molar-refractivity contribution >= 4 is 22.9 Å². The van der Waals surface area contributed by atoms with Crippen LogP contribution in [0.3, 0.4) is 0 Å². The van der Waals surface area contributed by atoms with Crippen LogP contribution in [-0.2, 0) is 24.1 Å². The minimum atomic E-state index is -0.661. The summed E-state index contributed by atoms with van der Waals surface area (Å²) in [5, 5.41) is 31.7. The molecule has 2 aliphatic rings. The van der Waals surface area contributed by atoms with Crippen molar-refractivity contribution in [2.75, 3.05) is 58.4 Å². The second kappa shape index (κ2) is 16.2. The van der Waals surface area contributed by atoms with Gasteiger partial charge in [0.05, 0.1) is 31.8 Å². The van der Waals surface area contributed by atoms with Gasteiger partial charge in [0.25, 0.3) is 5.69 Å². The predicted octanol–water partition coefficient (Wildman–Crippen LogP) is 3.92. The normalized spacial score (nSPS) is 14.3. The van der Waals surface area contributed by atoms with E-state index >= 15 is 0 Å². The number of carbonyl (C=O) groups excluding carboxylic acids is 2. The number of nitro benzene ring substituents is 1. The van der Waals surface area contributed by atoms with Crippen molar-refractivity contribution < 1.29 is 28.9 Å². The summed E-state index contributed by atoms with van der Waals surface area (Å²) in [6.07, 6.45) is 4.77. The lowest BCUT2D eigenvalue weighted by Crippen LogP contribution is -2.41. The smallest absolute Gasteiger partial charge is 0.293 e. The average Bonchev–Trinajstić information content (AvgIpc) is 3.49. The number of aryl methyl sites for hydroxylation is 2. The first kappa shape index (κ1) is 35.6. The molecule has 0 unspecified atom stereocenters. The first-order chi connectivity index (χ1) is 24.8. The Labute approximate surface area is 295 Å². The molecule has 51 heavy (non-hydrogen) atoms. The number of unbranched alkanes of at least 4 members (excludes halogenated alkanes) is 2. The maximum absolute atomic E-state index is 13.7. The van der Waals surface area contributed by atoms with Gasteiger partial charge in [-0.2, -0.15) is 0 Å². The number of ketones is 2. The quantitative estimate of drug-likeness (QED) is 0.0501. The fourth-order valence-corrected chi connectivity index (χ4v) is 6.70. The molecule has 4 aromatic rings. The van der Waals surface area contributed by atoms with Crippen LogP contribution in [0.25, 0.3) is 11.1 Å². The second-order valence-corrected chi connectivity index (χ2v) is 12.8. The highest BCUT2D eigenvalue weighted by atomic mass is 16.6. The number of aromatic nitrogens is 3. The summed E-state index contributed by atoms with van der Waals surface area (Å²) in [7, 11) is 1.67. The second-order valence-electron chi connectivity index (χ2n) is 12.8. The molecule has 6 rings (SSSR count). The molecule has 0 atom stereocenters. The summed E-state index contributed by atoms with van der Waals surface area (Å²) in [6, 6.07) is 16.6. The Kier molecular flexibility index (Phi) is 11.3. The molecule has 3 N–H and O–H groups in total. The van der Waals surface area contributed by atoms with E-state index in [-0.39, 0.29) is 45.4 Å². The Balaban J connectivity index is 1.14. The number of ether oxygens (including phenoxy) is 2. The van der Waals surface area contributed by atoms with Crippen molar-refractivity contribution in [1.29, 1.82) is 0 Å². The number of nitrogens with zero attached hydrogens (tertiary/aromatic N) is 5. The molecule has 1 fully saturated rings. The van der Waals surface area contributed by atoms with Crippen LogP contribution >= 0.6 is 0 Å². The standard InChI is InChI=1S/C37H43N7O7/c1-50-33-22-26(6-5-16-41-18-20-51-21-19-41)9-12-28(33)27-10-7-25(8-11-27)13-17-42-35-34(40-44(42)49)36(45)29-23-31(39-15-4-2-3-14-38)32(43(47)48)24-30(29)37(35)46/h7-12,22-24,39H,2-6,13-21,38H2,1H3. The maximum atomic E-state index is 13.7. The third-order valence-electron chi connectivity index (χ3n) is 9.51. The van der Waals surface area contributed by atoms with Gasteiger partial charge in [0, 0.05) is 52.4 Å². The molecule has 0 bridgehead atoms. The van der Waals surface area contributed by atoms with Crippen LogP contribution in [-0.4, -0.2) is 84.2 Å². The lowest BCUT2D eigenvalue weighted by molar-refractivity contribution is -0.749. The van der Waals surface area contributed by atoms with Crippen LogP contribution in [0, 0.1) is 15.3 Å². The largest absolute Gasteiger partial charge is 0.571 e. The van der Waals surface area contributed by atoms with E-state index in [4.69, 9.17) is 15.2 Å². The Bertz CT molecular complexity index is 1900. The molecule has 14 heteroatoms. The van der Waals surface area contributed by atoms with Crippen LogP contribution in [0.2, 0.25) is 0 Å². The fourth-order valence-electron chi connectivity index (χ4n) is 6.70. The number of hydrogen-bond acceptors (Lipinski definition) is 11. The number of carbonyl (C=O) groups is 2. The van der Waals surface area contributed by atoms with Crippen molar-refractivity contribution in [3.8, 4) is 16.9 Å². The van der Waals surface area contributed by atoms with Crippen LogP contribution < -0.4 is 20.7 Å². The van der Waals surface area contributed by atoms with Gasteiger partial charge in [-0.1, -0.05) is 42.8 Å². The van der Waals surface area contributed by atoms with Gasteiger partial charge >= 0.3 is 0 Å². The molecule has 1 aliphatic carbocycles. The number of anilines is 1. The average molecular weight is 698 g/mol. The Hall–Kier alpha value is -5.18. The van der Waals surface area contributed by atoms with E-state index in [1.807, 2.05) is 24.3 Å². The predicted molar refractivity (Wildman–Crippen MR) is 190 cm³/mol. The molecule has 1 aliphatic heterocycles. The van der Waals surface area contributed by atoms with Gasteiger partial charge < -0.3 is 25.7 Å². The lowest BCUT2D eigenvalue weighted by Gasteiger charge is -2.26. The van der Waals surface area contributed by atoms with Gasteiger partial charge in [-0.3, -0.25) is 24.6 Å². The number of methoxy groups -OCH3 is 1. The molecular weight excluding hydrogens is 654 g/mol. The number of fused-ring (bicyclic) bond motifs is 2.